The molecule has 1 atom stereocenters. The van der Waals surface area contributed by atoms with Gasteiger partial charge in [-0.2, -0.15) is 0 Å². The predicted molar refractivity (Wildman–Crippen MR) is 46.8 cm³/mol. The molecule has 13 heavy (non-hydrogen) atoms. The highest BCUT2D eigenvalue weighted by atomic mass is 16.7. The van der Waals surface area contributed by atoms with E-state index in [1.54, 1.807) is 20.8 Å². The first-order chi connectivity index (χ1) is 5.73. The van der Waals surface area contributed by atoms with E-state index >= 15 is 0 Å². The van der Waals surface area contributed by atoms with E-state index in [2.05, 4.69) is 4.74 Å². The second-order valence-electron chi connectivity index (χ2n) is 3.83. The number of ether oxygens (including phenoxy) is 2. The van der Waals surface area contributed by atoms with Crippen molar-refractivity contribution < 1.29 is 19.1 Å². The molecule has 4 heteroatoms. The van der Waals surface area contributed by atoms with E-state index in [1.165, 1.54) is 13.8 Å². The molecule has 0 aromatic heterocycles. The summed E-state index contributed by atoms with van der Waals surface area (Å²) in [7, 11) is 0. The van der Waals surface area contributed by atoms with E-state index in [1.807, 2.05) is 0 Å². The Bertz CT molecular complexity index is 202. The molecule has 0 aliphatic carbocycles. The third-order valence-electron chi connectivity index (χ3n) is 1.22. The van der Waals surface area contributed by atoms with Gasteiger partial charge >= 0.3 is 11.9 Å². The second kappa shape index (κ2) is 4.25. The maximum absolute atomic E-state index is 11.2. The third kappa shape index (κ3) is 5.22. The highest BCUT2D eigenvalue weighted by Crippen LogP contribution is 2.16. The quantitative estimate of drug-likeness (QED) is 0.486. The molecular formula is C9H16O4. The van der Waals surface area contributed by atoms with Crippen molar-refractivity contribution in [3.8, 4) is 0 Å². The molecule has 0 heterocycles. The average molecular weight is 188 g/mol. The van der Waals surface area contributed by atoms with Crippen LogP contribution in [-0.2, 0) is 19.1 Å². The van der Waals surface area contributed by atoms with Gasteiger partial charge in [0.1, 0.15) is 0 Å². The van der Waals surface area contributed by atoms with E-state index < -0.39 is 17.7 Å². The van der Waals surface area contributed by atoms with Crippen LogP contribution in [0.5, 0.6) is 0 Å². The normalized spacial score (nSPS) is 13.3. The SMILES string of the molecule is CC(=O)OC(C)OC(=O)C(C)(C)C. The molecule has 0 aromatic rings. The summed E-state index contributed by atoms with van der Waals surface area (Å²) >= 11 is 0. The highest BCUT2D eigenvalue weighted by molar-refractivity contribution is 5.75. The Hall–Kier alpha value is -1.06. The first-order valence-electron chi connectivity index (χ1n) is 4.12. The first-order valence-corrected chi connectivity index (χ1v) is 4.12. The van der Waals surface area contributed by atoms with Gasteiger partial charge in [0.15, 0.2) is 0 Å². The summed E-state index contributed by atoms with van der Waals surface area (Å²) in [5, 5.41) is 0. The van der Waals surface area contributed by atoms with Crippen molar-refractivity contribution in [1.82, 2.24) is 0 Å². The first kappa shape index (κ1) is 11.9. The van der Waals surface area contributed by atoms with Crippen LogP contribution in [0, 0.1) is 5.41 Å². The van der Waals surface area contributed by atoms with E-state index in [0.717, 1.165) is 0 Å². The minimum atomic E-state index is -0.816. The van der Waals surface area contributed by atoms with Crippen LogP contribution in [0.2, 0.25) is 0 Å². The van der Waals surface area contributed by atoms with Crippen LogP contribution in [0.25, 0.3) is 0 Å². The summed E-state index contributed by atoms with van der Waals surface area (Å²) in [5.41, 5.74) is -0.575. The maximum Gasteiger partial charge on any atom is 0.314 e. The number of esters is 2. The molecule has 4 nitrogen and oxygen atoms in total. The second-order valence-corrected chi connectivity index (χ2v) is 3.83. The number of rotatable bonds is 2. The molecular weight excluding hydrogens is 172 g/mol. The van der Waals surface area contributed by atoms with Gasteiger partial charge in [-0.05, 0) is 20.8 Å². The molecule has 0 fully saturated rings. The fourth-order valence-corrected chi connectivity index (χ4v) is 0.585. The Morgan fingerprint density at radius 3 is 1.92 bits per heavy atom. The number of carbonyl (C=O) groups excluding carboxylic acids is 2. The third-order valence-corrected chi connectivity index (χ3v) is 1.22. The molecule has 0 aromatic carbocycles. The summed E-state index contributed by atoms with van der Waals surface area (Å²) in [4.78, 5) is 21.7. The van der Waals surface area contributed by atoms with Crippen LogP contribution in [-0.4, -0.2) is 18.2 Å². The van der Waals surface area contributed by atoms with Crippen LogP contribution in [0.15, 0.2) is 0 Å². The van der Waals surface area contributed by atoms with Crippen LogP contribution in [0.4, 0.5) is 0 Å². The van der Waals surface area contributed by atoms with Gasteiger partial charge < -0.3 is 9.47 Å². The van der Waals surface area contributed by atoms with Crippen LogP contribution in [0.3, 0.4) is 0 Å². The zero-order valence-corrected chi connectivity index (χ0v) is 8.71. The molecule has 0 spiro atoms. The Kier molecular flexibility index (Phi) is 3.91. The van der Waals surface area contributed by atoms with Gasteiger partial charge in [-0.15, -0.1) is 0 Å². The van der Waals surface area contributed by atoms with Gasteiger partial charge in [-0.3, -0.25) is 9.59 Å². The molecule has 76 valence electrons. The van der Waals surface area contributed by atoms with Crippen LogP contribution >= 0.6 is 0 Å². The van der Waals surface area contributed by atoms with Crippen LogP contribution < -0.4 is 0 Å². The standard InChI is InChI=1S/C9H16O4/c1-6(10)12-7(2)13-8(11)9(3,4)5/h7H,1-5H3. The average Bonchev–Trinajstić information content (AvgIpc) is 1.82. The van der Waals surface area contributed by atoms with Gasteiger partial charge in [0, 0.05) is 13.8 Å². The van der Waals surface area contributed by atoms with E-state index in [0.29, 0.717) is 0 Å². The fraction of sp³-hybridized carbons (Fsp3) is 0.778. The zero-order chi connectivity index (χ0) is 10.6. The Balaban J connectivity index is 4.00. The summed E-state index contributed by atoms with van der Waals surface area (Å²) < 4.78 is 9.48. The summed E-state index contributed by atoms with van der Waals surface area (Å²) in [6, 6.07) is 0. The predicted octanol–water partition coefficient (Wildman–Crippen LogP) is 1.48. The highest BCUT2D eigenvalue weighted by Gasteiger charge is 2.25. The lowest BCUT2D eigenvalue weighted by Crippen LogP contribution is -2.29. The van der Waals surface area contributed by atoms with Crippen molar-refractivity contribution >= 4 is 11.9 Å². The molecule has 0 aliphatic heterocycles. The Morgan fingerprint density at radius 2 is 1.62 bits per heavy atom. The molecule has 0 rings (SSSR count). The number of hydrogen-bond donors (Lipinski definition) is 0. The molecule has 0 N–H and O–H groups in total. The smallest absolute Gasteiger partial charge is 0.314 e. The lowest BCUT2D eigenvalue weighted by molar-refractivity contribution is -0.189. The van der Waals surface area contributed by atoms with Crippen molar-refractivity contribution in [1.29, 1.82) is 0 Å². The van der Waals surface area contributed by atoms with Crippen molar-refractivity contribution in [3.05, 3.63) is 0 Å². The van der Waals surface area contributed by atoms with Gasteiger partial charge in [0.25, 0.3) is 0 Å². The molecule has 0 saturated carbocycles. The minimum absolute atomic E-state index is 0.388. The molecule has 0 bridgehead atoms. The summed E-state index contributed by atoms with van der Waals surface area (Å²) in [6.45, 7) is 7.97. The topological polar surface area (TPSA) is 52.6 Å². The minimum Gasteiger partial charge on any atom is -0.426 e. The summed E-state index contributed by atoms with van der Waals surface area (Å²) in [6.07, 6.45) is -0.816. The Labute approximate surface area is 78.2 Å². The fourth-order valence-electron chi connectivity index (χ4n) is 0.585. The monoisotopic (exact) mass is 188 g/mol. The van der Waals surface area contributed by atoms with Crippen molar-refractivity contribution in [2.45, 2.75) is 40.9 Å². The number of hydrogen-bond acceptors (Lipinski definition) is 4. The lowest BCUT2D eigenvalue weighted by atomic mass is 9.97. The molecule has 1 unspecified atom stereocenters. The Morgan fingerprint density at radius 1 is 1.15 bits per heavy atom. The number of carbonyl (C=O) groups is 2. The van der Waals surface area contributed by atoms with Gasteiger partial charge in [0.2, 0.25) is 6.29 Å². The molecule has 0 aliphatic rings. The van der Waals surface area contributed by atoms with Gasteiger partial charge in [-0.1, -0.05) is 0 Å². The zero-order valence-electron chi connectivity index (χ0n) is 8.71. The van der Waals surface area contributed by atoms with Crippen LogP contribution in [0.1, 0.15) is 34.6 Å². The molecule has 0 radical (unpaired) electrons. The maximum atomic E-state index is 11.2. The van der Waals surface area contributed by atoms with E-state index in [4.69, 9.17) is 4.74 Å². The van der Waals surface area contributed by atoms with E-state index in [-0.39, 0.29) is 5.97 Å². The van der Waals surface area contributed by atoms with Gasteiger partial charge in [-0.25, -0.2) is 0 Å². The largest absolute Gasteiger partial charge is 0.426 e. The van der Waals surface area contributed by atoms with Crippen molar-refractivity contribution in [2.75, 3.05) is 0 Å². The molecule has 0 amide bonds. The summed E-state index contributed by atoms with van der Waals surface area (Å²) in [5.74, 6) is -0.851. The van der Waals surface area contributed by atoms with Gasteiger partial charge in [0.05, 0.1) is 5.41 Å². The molecule has 0 saturated heterocycles. The van der Waals surface area contributed by atoms with Crippen molar-refractivity contribution in [3.63, 3.8) is 0 Å². The van der Waals surface area contributed by atoms with Crippen molar-refractivity contribution in [2.24, 2.45) is 5.41 Å². The lowest BCUT2D eigenvalue weighted by Gasteiger charge is -2.20. The van der Waals surface area contributed by atoms with E-state index in [9.17, 15) is 9.59 Å².